The third-order valence-electron chi connectivity index (χ3n) is 2.40. The van der Waals surface area contributed by atoms with Gasteiger partial charge in [-0.05, 0) is 29.6 Å². The lowest BCUT2D eigenvalue weighted by atomic mass is 10.2. The summed E-state index contributed by atoms with van der Waals surface area (Å²) in [6.45, 7) is 0.618. The lowest BCUT2D eigenvalue weighted by molar-refractivity contribution is 0.322. The fraction of sp³-hybridized carbons (Fsp3) is 0.154. The minimum absolute atomic E-state index is 0.355. The number of ether oxygens (including phenoxy) is 1. The molecule has 1 heterocycles. The number of hydrogen-bond donors (Lipinski definition) is 1. The van der Waals surface area contributed by atoms with E-state index >= 15 is 0 Å². The van der Waals surface area contributed by atoms with Crippen molar-refractivity contribution in [3.63, 3.8) is 0 Å². The molecule has 2 nitrogen and oxygen atoms in total. The molecule has 0 amide bonds. The van der Waals surface area contributed by atoms with E-state index in [9.17, 15) is 0 Å². The Morgan fingerprint density at radius 2 is 2.22 bits per heavy atom. The Bertz CT molecular complexity index is 540. The van der Waals surface area contributed by atoms with E-state index in [1.165, 1.54) is 4.88 Å². The van der Waals surface area contributed by atoms with Crippen molar-refractivity contribution in [1.82, 2.24) is 0 Å². The fourth-order valence-corrected chi connectivity index (χ4v) is 2.73. The largest absolute Gasteiger partial charge is 0.492 e. The molecule has 0 aliphatic heterocycles. The summed E-state index contributed by atoms with van der Waals surface area (Å²) in [5.74, 6) is 0.730. The van der Waals surface area contributed by atoms with Crippen LogP contribution >= 0.6 is 39.5 Å². The van der Waals surface area contributed by atoms with Crippen molar-refractivity contribution < 1.29 is 4.74 Å². The second-order valence-corrected chi connectivity index (χ2v) is 6.07. The molecule has 0 atom stereocenters. The summed E-state index contributed by atoms with van der Waals surface area (Å²) in [7, 11) is 0. The van der Waals surface area contributed by atoms with E-state index in [2.05, 4.69) is 27.4 Å². The molecule has 5 heteroatoms. The smallest absolute Gasteiger partial charge is 0.130 e. The lowest BCUT2D eigenvalue weighted by Gasteiger charge is -2.10. The van der Waals surface area contributed by atoms with Gasteiger partial charge in [-0.15, -0.1) is 11.3 Å². The molecule has 18 heavy (non-hydrogen) atoms. The van der Waals surface area contributed by atoms with Crippen LogP contribution in [-0.4, -0.2) is 11.6 Å². The summed E-state index contributed by atoms with van der Waals surface area (Å²) in [4.78, 5) is 1.66. The first-order valence-electron chi connectivity index (χ1n) is 5.41. The highest BCUT2D eigenvalue weighted by Crippen LogP contribution is 2.24. The van der Waals surface area contributed by atoms with Crippen molar-refractivity contribution in [2.75, 3.05) is 6.61 Å². The van der Waals surface area contributed by atoms with Gasteiger partial charge in [-0.3, -0.25) is 0 Å². The van der Waals surface area contributed by atoms with E-state index in [1.54, 1.807) is 11.3 Å². The number of nitrogens with two attached hydrogens (primary N) is 1. The maximum absolute atomic E-state index is 5.76. The van der Waals surface area contributed by atoms with E-state index in [-0.39, 0.29) is 0 Å². The number of halogens is 1. The molecule has 0 unspecified atom stereocenters. The van der Waals surface area contributed by atoms with Crippen molar-refractivity contribution in [1.29, 1.82) is 0 Å². The normalized spacial score (nSPS) is 10.3. The molecule has 1 aromatic carbocycles. The summed E-state index contributed by atoms with van der Waals surface area (Å²) in [5.41, 5.74) is 6.45. The zero-order valence-corrected chi connectivity index (χ0v) is 12.8. The molecule has 2 rings (SSSR count). The third-order valence-corrected chi connectivity index (χ3v) is 4.04. The Labute approximate surface area is 124 Å². The van der Waals surface area contributed by atoms with Gasteiger partial charge in [0.05, 0.1) is 12.2 Å². The topological polar surface area (TPSA) is 35.2 Å². The van der Waals surface area contributed by atoms with E-state index in [0.29, 0.717) is 11.6 Å². The SMILES string of the molecule is NC(=S)c1ccc(Br)cc1OCCc1cccs1. The Morgan fingerprint density at radius 1 is 1.39 bits per heavy atom. The highest BCUT2D eigenvalue weighted by Gasteiger charge is 2.07. The predicted molar refractivity (Wildman–Crippen MR) is 83.5 cm³/mol. The first kappa shape index (κ1) is 13.5. The van der Waals surface area contributed by atoms with Gasteiger partial charge in [-0.25, -0.2) is 0 Å². The van der Waals surface area contributed by atoms with Gasteiger partial charge >= 0.3 is 0 Å². The quantitative estimate of drug-likeness (QED) is 0.841. The van der Waals surface area contributed by atoms with Gasteiger partial charge in [0.25, 0.3) is 0 Å². The highest BCUT2D eigenvalue weighted by atomic mass is 79.9. The second-order valence-electron chi connectivity index (χ2n) is 3.68. The van der Waals surface area contributed by atoms with Crippen molar-refractivity contribution >= 4 is 44.5 Å². The molecule has 0 spiro atoms. The van der Waals surface area contributed by atoms with Gasteiger partial charge in [0, 0.05) is 15.8 Å². The number of thiocarbonyl (C=S) groups is 1. The van der Waals surface area contributed by atoms with Crippen LogP contribution in [0.5, 0.6) is 5.75 Å². The monoisotopic (exact) mass is 341 g/mol. The van der Waals surface area contributed by atoms with Crippen LogP contribution in [-0.2, 0) is 6.42 Å². The van der Waals surface area contributed by atoms with Crippen molar-refractivity contribution in [2.45, 2.75) is 6.42 Å². The molecule has 0 aliphatic rings. The third kappa shape index (κ3) is 3.54. The first-order valence-corrected chi connectivity index (χ1v) is 7.49. The minimum atomic E-state index is 0.355. The summed E-state index contributed by atoms with van der Waals surface area (Å²) < 4.78 is 6.71. The maximum atomic E-state index is 5.76. The van der Waals surface area contributed by atoms with Gasteiger partial charge < -0.3 is 10.5 Å². The number of thiophene rings is 1. The summed E-state index contributed by atoms with van der Waals surface area (Å²) in [6.07, 6.45) is 0.890. The summed E-state index contributed by atoms with van der Waals surface area (Å²) >= 11 is 10.2. The average molecular weight is 342 g/mol. The first-order chi connectivity index (χ1) is 8.66. The standard InChI is InChI=1S/C13H12BrNOS2/c14-9-3-4-11(13(15)17)12(8-9)16-6-5-10-2-1-7-18-10/h1-4,7-8H,5-6H2,(H2,15,17). The second kappa shape index (κ2) is 6.31. The number of rotatable bonds is 5. The van der Waals surface area contributed by atoms with Crippen LogP contribution in [0.3, 0.4) is 0 Å². The molecular formula is C13H12BrNOS2. The van der Waals surface area contributed by atoms with Crippen LogP contribution < -0.4 is 10.5 Å². The molecule has 0 saturated carbocycles. The molecule has 0 radical (unpaired) electrons. The average Bonchev–Trinajstić information content (AvgIpc) is 2.82. The van der Waals surface area contributed by atoms with Crippen molar-refractivity contribution in [2.24, 2.45) is 5.73 Å². The van der Waals surface area contributed by atoms with E-state index in [1.807, 2.05) is 24.3 Å². The van der Waals surface area contributed by atoms with Gasteiger partial charge in [-0.2, -0.15) is 0 Å². The lowest BCUT2D eigenvalue weighted by Crippen LogP contribution is -2.12. The minimum Gasteiger partial charge on any atom is -0.492 e. The summed E-state index contributed by atoms with van der Waals surface area (Å²) in [5, 5.41) is 2.06. The van der Waals surface area contributed by atoms with Crippen LogP contribution in [0.25, 0.3) is 0 Å². The molecule has 2 N–H and O–H groups in total. The number of benzene rings is 1. The Balaban J connectivity index is 2.03. The van der Waals surface area contributed by atoms with E-state index in [4.69, 9.17) is 22.7 Å². The predicted octanol–water partition coefficient (Wildman–Crippen LogP) is 3.77. The Morgan fingerprint density at radius 3 is 2.89 bits per heavy atom. The van der Waals surface area contributed by atoms with Crippen LogP contribution in [0.4, 0.5) is 0 Å². The van der Waals surface area contributed by atoms with Gasteiger partial charge in [-0.1, -0.05) is 34.2 Å². The van der Waals surface area contributed by atoms with Crippen LogP contribution in [0, 0.1) is 0 Å². The Kier molecular flexibility index (Phi) is 4.74. The summed E-state index contributed by atoms with van der Waals surface area (Å²) in [6, 6.07) is 9.80. The van der Waals surface area contributed by atoms with E-state index < -0.39 is 0 Å². The van der Waals surface area contributed by atoms with Gasteiger partial charge in [0.15, 0.2) is 0 Å². The molecule has 0 saturated heterocycles. The molecule has 0 bridgehead atoms. The van der Waals surface area contributed by atoms with Crippen LogP contribution in [0.2, 0.25) is 0 Å². The molecule has 1 aromatic heterocycles. The van der Waals surface area contributed by atoms with Crippen LogP contribution in [0.15, 0.2) is 40.2 Å². The maximum Gasteiger partial charge on any atom is 0.130 e. The van der Waals surface area contributed by atoms with Crippen molar-refractivity contribution in [3.05, 3.63) is 50.6 Å². The molecule has 2 aromatic rings. The fourth-order valence-electron chi connectivity index (χ4n) is 1.54. The zero-order valence-electron chi connectivity index (χ0n) is 9.56. The van der Waals surface area contributed by atoms with Crippen LogP contribution in [0.1, 0.15) is 10.4 Å². The zero-order chi connectivity index (χ0) is 13.0. The van der Waals surface area contributed by atoms with E-state index in [0.717, 1.165) is 22.2 Å². The van der Waals surface area contributed by atoms with Gasteiger partial charge in [0.1, 0.15) is 10.7 Å². The molecular weight excluding hydrogens is 330 g/mol. The molecule has 0 aliphatic carbocycles. The van der Waals surface area contributed by atoms with Crippen molar-refractivity contribution in [3.8, 4) is 5.75 Å². The highest BCUT2D eigenvalue weighted by molar-refractivity contribution is 9.10. The Hall–Kier alpha value is -0.910. The molecule has 94 valence electrons. The van der Waals surface area contributed by atoms with Gasteiger partial charge in [0.2, 0.25) is 0 Å². The number of hydrogen-bond acceptors (Lipinski definition) is 3. The molecule has 0 fully saturated rings.